The molecule has 0 bridgehead atoms. The van der Waals surface area contributed by atoms with Crippen LogP contribution in [-0.2, 0) is 21.4 Å². The summed E-state index contributed by atoms with van der Waals surface area (Å²) in [4.78, 5) is 13.3. The zero-order chi connectivity index (χ0) is 19.2. The number of carbonyl (C=O) groups excluding carboxylic acids is 1. The highest BCUT2D eigenvalue weighted by Crippen LogP contribution is 2.43. The van der Waals surface area contributed by atoms with Crippen LogP contribution in [0.1, 0.15) is 19.4 Å². The van der Waals surface area contributed by atoms with Crippen molar-refractivity contribution in [3.05, 3.63) is 17.4 Å². The molecule has 0 aliphatic carbocycles. The molecule has 2 aliphatic rings. The Morgan fingerprint density at radius 1 is 1.46 bits per heavy atom. The number of carbonyl (C=O) groups is 1. The average molecular weight is 386 g/mol. The molecule has 26 heavy (non-hydrogen) atoms. The van der Waals surface area contributed by atoms with Gasteiger partial charge in [0.05, 0.1) is 0 Å². The molecule has 2 heterocycles. The molecule has 1 fully saturated rings. The van der Waals surface area contributed by atoms with E-state index in [9.17, 15) is 18.3 Å². The van der Waals surface area contributed by atoms with Gasteiger partial charge < -0.3 is 15.3 Å². The van der Waals surface area contributed by atoms with Gasteiger partial charge in [0.2, 0.25) is 0 Å². The van der Waals surface area contributed by atoms with Crippen LogP contribution in [0.4, 0.5) is 15.8 Å². The van der Waals surface area contributed by atoms with E-state index >= 15 is 4.39 Å². The number of nitrogens with one attached hydrogen (secondary N) is 2. The van der Waals surface area contributed by atoms with Gasteiger partial charge in [-0.1, -0.05) is 13.8 Å². The second-order valence-corrected chi connectivity index (χ2v) is 8.71. The van der Waals surface area contributed by atoms with Gasteiger partial charge >= 0.3 is 10.2 Å². The summed E-state index contributed by atoms with van der Waals surface area (Å²) >= 11 is 0. The minimum atomic E-state index is -4.19. The van der Waals surface area contributed by atoms with E-state index in [0.717, 1.165) is 6.54 Å². The van der Waals surface area contributed by atoms with Gasteiger partial charge in [0.25, 0.3) is 5.91 Å². The summed E-state index contributed by atoms with van der Waals surface area (Å²) in [7, 11) is -2.39. The minimum absolute atomic E-state index is 0.0113. The number of phenols is 1. The van der Waals surface area contributed by atoms with E-state index in [1.54, 1.807) is 4.72 Å². The Hall–Kier alpha value is -2.07. The largest absolute Gasteiger partial charge is 0.506 e. The molecule has 0 saturated carbocycles. The zero-order valence-corrected chi connectivity index (χ0v) is 15.7. The molecule has 144 valence electrons. The second kappa shape index (κ2) is 6.58. The first-order valence-electron chi connectivity index (χ1n) is 8.43. The maximum Gasteiger partial charge on any atom is 0.326 e. The lowest BCUT2D eigenvalue weighted by atomic mass is 10.1. The lowest BCUT2D eigenvalue weighted by Crippen LogP contribution is -2.39. The van der Waals surface area contributed by atoms with E-state index in [2.05, 4.69) is 19.2 Å². The van der Waals surface area contributed by atoms with E-state index in [-0.39, 0.29) is 6.04 Å². The number of phenolic OH excluding ortho intramolecular Hbond substituents is 1. The Labute approximate surface area is 152 Å². The molecular weight excluding hydrogens is 363 g/mol. The second-order valence-electron chi connectivity index (χ2n) is 7.11. The van der Waals surface area contributed by atoms with Crippen molar-refractivity contribution in [1.29, 1.82) is 0 Å². The Balaban J connectivity index is 1.92. The number of likely N-dealkylation sites (N-methyl/N-ethyl adjacent to an activating group) is 1. The van der Waals surface area contributed by atoms with Gasteiger partial charge in [-0.25, -0.2) is 13.4 Å². The standard InChI is InChI=1S/C16H23FN4O4S/c1-9(2)6-18-7-10-4-11-12(20(10)3)5-13(22)16(15(11)17)21-8-14(23)19-26(21,24)25/h5,9-10,18,22H,4,6-8H2,1-3H3,(H,19,23)/t10-/m1/s1. The normalized spacial score (nSPS) is 21.4. The molecule has 1 aromatic rings. The fourth-order valence-electron chi connectivity index (χ4n) is 3.36. The Morgan fingerprint density at radius 3 is 2.73 bits per heavy atom. The smallest absolute Gasteiger partial charge is 0.326 e. The molecule has 1 amide bonds. The third-order valence-corrected chi connectivity index (χ3v) is 6.05. The Kier molecular flexibility index (Phi) is 4.74. The molecule has 0 unspecified atom stereocenters. The summed E-state index contributed by atoms with van der Waals surface area (Å²) in [6, 6.07) is 1.34. The number of nitrogens with zero attached hydrogens (tertiary/aromatic N) is 2. The van der Waals surface area contributed by atoms with E-state index in [0.29, 0.717) is 34.4 Å². The Morgan fingerprint density at radius 2 is 2.15 bits per heavy atom. The third kappa shape index (κ3) is 3.18. The van der Waals surface area contributed by atoms with Crippen LogP contribution in [-0.4, -0.2) is 52.2 Å². The van der Waals surface area contributed by atoms with Crippen molar-refractivity contribution in [2.75, 3.05) is 35.9 Å². The predicted molar refractivity (Wildman–Crippen MR) is 96.1 cm³/mol. The number of hydrogen-bond acceptors (Lipinski definition) is 6. The highest BCUT2D eigenvalue weighted by atomic mass is 32.2. The number of benzene rings is 1. The van der Waals surface area contributed by atoms with Crippen LogP contribution in [0.3, 0.4) is 0 Å². The van der Waals surface area contributed by atoms with Gasteiger partial charge in [0, 0.05) is 37.0 Å². The van der Waals surface area contributed by atoms with Crippen LogP contribution >= 0.6 is 0 Å². The number of aromatic hydroxyl groups is 1. The highest BCUT2D eigenvalue weighted by Gasteiger charge is 2.40. The molecule has 10 heteroatoms. The topological polar surface area (TPSA) is 102 Å². The first-order valence-corrected chi connectivity index (χ1v) is 9.87. The van der Waals surface area contributed by atoms with Crippen LogP contribution in [0, 0.1) is 11.7 Å². The van der Waals surface area contributed by atoms with Gasteiger partial charge in [-0.15, -0.1) is 0 Å². The molecule has 1 aromatic carbocycles. The van der Waals surface area contributed by atoms with Gasteiger partial charge in [-0.2, -0.15) is 8.42 Å². The van der Waals surface area contributed by atoms with Crippen LogP contribution in [0.15, 0.2) is 6.07 Å². The SMILES string of the molecule is CC(C)CNC[C@H]1Cc2c(cc(O)c(N3CC(=O)NS3(=O)=O)c2F)N1C. The molecule has 2 aliphatic heterocycles. The van der Waals surface area contributed by atoms with Gasteiger partial charge in [-0.3, -0.25) is 4.79 Å². The molecule has 1 atom stereocenters. The summed E-state index contributed by atoms with van der Waals surface area (Å²) in [5.41, 5.74) is 0.383. The maximum absolute atomic E-state index is 15.1. The quantitative estimate of drug-likeness (QED) is 0.674. The molecule has 8 nitrogen and oxygen atoms in total. The van der Waals surface area contributed by atoms with E-state index in [4.69, 9.17) is 0 Å². The van der Waals surface area contributed by atoms with Crippen molar-refractivity contribution in [1.82, 2.24) is 10.0 Å². The first-order chi connectivity index (χ1) is 12.1. The number of rotatable bonds is 5. The molecule has 0 radical (unpaired) electrons. The van der Waals surface area contributed by atoms with E-state index < -0.39 is 39.9 Å². The van der Waals surface area contributed by atoms with Crippen molar-refractivity contribution in [2.24, 2.45) is 5.92 Å². The number of fused-ring (bicyclic) bond motifs is 1. The molecule has 3 rings (SSSR count). The van der Waals surface area contributed by atoms with Crippen LogP contribution < -0.4 is 19.2 Å². The third-order valence-electron chi connectivity index (χ3n) is 4.67. The van der Waals surface area contributed by atoms with Gasteiger partial charge in [0.15, 0.2) is 5.82 Å². The molecule has 1 saturated heterocycles. The lowest BCUT2D eigenvalue weighted by Gasteiger charge is -2.24. The summed E-state index contributed by atoms with van der Waals surface area (Å²) in [6.45, 7) is 5.10. The van der Waals surface area contributed by atoms with Crippen LogP contribution in [0.2, 0.25) is 0 Å². The highest BCUT2D eigenvalue weighted by molar-refractivity contribution is 7.92. The Bertz CT molecular complexity index is 843. The first kappa shape index (κ1) is 18.7. The predicted octanol–water partition coefficient (Wildman–Crippen LogP) is 0.319. The molecule has 0 aromatic heterocycles. The summed E-state index contributed by atoms with van der Waals surface area (Å²) in [5.74, 6) is -1.60. The number of anilines is 2. The fourth-order valence-corrected chi connectivity index (χ4v) is 4.53. The molecular formula is C16H23FN4O4S. The van der Waals surface area contributed by atoms with Gasteiger partial charge in [-0.05, 0) is 18.9 Å². The number of amides is 1. The maximum atomic E-state index is 15.1. The lowest BCUT2D eigenvalue weighted by molar-refractivity contribution is -0.117. The number of halogens is 1. The van der Waals surface area contributed by atoms with Crippen molar-refractivity contribution in [3.8, 4) is 5.75 Å². The van der Waals surface area contributed by atoms with Crippen molar-refractivity contribution in [3.63, 3.8) is 0 Å². The zero-order valence-electron chi connectivity index (χ0n) is 14.9. The average Bonchev–Trinajstić information content (AvgIpc) is 2.96. The summed E-state index contributed by atoms with van der Waals surface area (Å²) < 4.78 is 41.5. The summed E-state index contributed by atoms with van der Waals surface area (Å²) in [6.07, 6.45) is 0.380. The molecule has 3 N–H and O–H groups in total. The fraction of sp³-hybridized carbons (Fsp3) is 0.562. The minimum Gasteiger partial charge on any atom is -0.506 e. The van der Waals surface area contributed by atoms with Crippen molar-refractivity contribution < 1.29 is 22.7 Å². The van der Waals surface area contributed by atoms with Gasteiger partial charge in [0.1, 0.15) is 18.0 Å². The monoisotopic (exact) mass is 386 g/mol. The summed E-state index contributed by atoms with van der Waals surface area (Å²) in [5, 5.41) is 13.6. The van der Waals surface area contributed by atoms with Crippen LogP contribution in [0.5, 0.6) is 5.75 Å². The van der Waals surface area contributed by atoms with E-state index in [1.165, 1.54) is 6.07 Å². The van der Waals surface area contributed by atoms with Crippen molar-refractivity contribution >= 4 is 27.5 Å². The number of hydrogen-bond donors (Lipinski definition) is 3. The van der Waals surface area contributed by atoms with Crippen molar-refractivity contribution in [2.45, 2.75) is 26.3 Å². The van der Waals surface area contributed by atoms with Crippen LogP contribution in [0.25, 0.3) is 0 Å². The molecule has 0 spiro atoms. The van der Waals surface area contributed by atoms with E-state index in [1.807, 2.05) is 11.9 Å².